The molecular formula is C25H20N6O. The van der Waals surface area contributed by atoms with E-state index in [0.29, 0.717) is 5.82 Å². The van der Waals surface area contributed by atoms with Gasteiger partial charge in [0.15, 0.2) is 5.82 Å². The Balaban J connectivity index is 1.31. The Kier molecular flexibility index (Phi) is 4.31. The fraction of sp³-hybridized carbons (Fsp3) is 0.120. The smallest absolute Gasteiger partial charge is 0.231 e. The summed E-state index contributed by atoms with van der Waals surface area (Å²) in [6, 6.07) is 22.0. The normalized spacial score (nSPS) is 15.1. The van der Waals surface area contributed by atoms with E-state index in [2.05, 4.69) is 42.8 Å². The molecule has 0 spiro atoms. The highest BCUT2D eigenvalue weighted by molar-refractivity contribution is 5.99. The van der Waals surface area contributed by atoms with Gasteiger partial charge in [-0.15, -0.1) is 0 Å². The highest BCUT2D eigenvalue weighted by Gasteiger charge is 2.28. The molecule has 1 atom stereocenters. The summed E-state index contributed by atoms with van der Waals surface area (Å²) in [5.74, 6) is 0.633. The molecule has 0 radical (unpaired) electrons. The molecule has 32 heavy (non-hydrogen) atoms. The number of carbonyl (C=O) groups is 1. The molecule has 2 aromatic heterocycles. The molecule has 1 aliphatic rings. The van der Waals surface area contributed by atoms with Crippen molar-refractivity contribution < 1.29 is 4.79 Å². The van der Waals surface area contributed by atoms with Crippen LogP contribution in [-0.2, 0) is 11.2 Å². The van der Waals surface area contributed by atoms with Crippen LogP contribution in [0.2, 0.25) is 0 Å². The predicted molar refractivity (Wildman–Crippen MR) is 123 cm³/mol. The summed E-state index contributed by atoms with van der Waals surface area (Å²) < 4.78 is 0. The van der Waals surface area contributed by atoms with Crippen LogP contribution in [0.25, 0.3) is 33.5 Å². The van der Waals surface area contributed by atoms with Gasteiger partial charge in [-0.25, -0.2) is 4.98 Å². The van der Waals surface area contributed by atoms with E-state index in [1.54, 1.807) is 0 Å². The number of nitrogens with one attached hydrogen (secondary N) is 3. The topological polar surface area (TPSA) is 99.3 Å². The summed E-state index contributed by atoms with van der Waals surface area (Å²) in [5.41, 5.74) is 6.78. The zero-order valence-electron chi connectivity index (χ0n) is 17.2. The monoisotopic (exact) mass is 420 g/mol. The first-order valence-corrected chi connectivity index (χ1v) is 10.6. The van der Waals surface area contributed by atoms with Gasteiger partial charge in [-0.05, 0) is 54.3 Å². The van der Waals surface area contributed by atoms with Crippen LogP contribution in [0.1, 0.15) is 23.5 Å². The third kappa shape index (κ3) is 3.15. The average molecular weight is 420 g/mol. The van der Waals surface area contributed by atoms with Crippen LogP contribution in [-0.4, -0.2) is 31.3 Å². The molecule has 0 saturated heterocycles. The van der Waals surface area contributed by atoms with Crippen LogP contribution in [0.5, 0.6) is 0 Å². The fourth-order valence-corrected chi connectivity index (χ4v) is 4.53. The van der Waals surface area contributed by atoms with Gasteiger partial charge in [0.25, 0.3) is 0 Å². The standard InChI is InChI=1S/C25H20N6O/c32-25(20-10-8-15-4-1-2-7-19(15)20)28-18-6-3-5-16(12-18)23-21-13-17(24-26-14-27-31-24)9-11-22(21)29-30-23/h1-7,9,11-14,20H,8,10H2,(H,28,32)(H,29,30)(H,26,27,31)/t20-/m0/s1. The lowest BCUT2D eigenvalue weighted by molar-refractivity contribution is -0.117. The van der Waals surface area contributed by atoms with Crippen LogP contribution >= 0.6 is 0 Å². The Morgan fingerprint density at radius 3 is 2.81 bits per heavy atom. The first-order chi connectivity index (χ1) is 15.8. The summed E-state index contributed by atoms with van der Waals surface area (Å²) in [6.45, 7) is 0. The molecule has 1 amide bonds. The Bertz CT molecular complexity index is 1440. The number of fused-ring (bicyclic) bond motifs is 2. The number of benzene rings is 3. The molecule has 3 N–H and O–H groups in total. The third-order valence-corrected chi connectivity index (χ3v) is 6.10. The third-order valence-electron chi connectivity index (χ3n) is 6.10. The maximum absolute atomic E-state index is 13.0. The first kappa shape index (κ1) is 18.5. The second kappa shape index (κ2) is 7.46. The molecule has 1 aliphatic carbocycles. The Labute approximate surface area is 183 Å². The van der Waals surface area contributed by atoms with Crippen molar-refractivity contribution in [3.05, 3.63) is 84.2 Å². The molecule has 156 valence electrons. The number of hydrogen-bond acceptors (Lipinski definition) is 4. The highest BCUT2D eigenvalue weighted by atomic mass is 16.1. The average Bonchev–Trinajstić information content (AvgIpc) is 3.58. The van der Waals surface area contributed by atoms with Crippen LogP contribution in [0, 0.1) is 0 Å². The highest BCUT2D eigenvalue weighted by Crippen LogP contribution is 2.35. The van der Waals surface area contributed by atoms with Crippen molar-refractivity contribution in [2.24, 2.45) is 0 Å². The molecule has 0 aliphatic heterocycles. The Morgan fingerprint density at radius 2 is 1.91 bits per heavy atom. The van der Waals surface area contributed by atoms with E-state index in [4.69, 9.17) is 0 Å². The van der Waals surface area contributed by atoms with Gasteiger partial charge in [-0.2, -0.15) is 10.2 Å². The predicted octanol–water partition coefficient (Wildman–Crippen LogP) is 4.68. The minimum atomic E-state index is -0.106. The summed E-state index contributed by atoms with van der Waals surface area (Å²) in [5, 5.41) is 18.5. The van der Waals surface area contributed by atoms with E-state index in [-0.39, 0.29) is 11.8 Å². The van der Waals surface area contributed by atoms with Crippen molar-refractivity contribution in [3.63, 3.8) is 0 Å². The van der Waals surface area contributed by atoms with E-state index in [1.807, 2.05) is 54.6 Å². The second-order valence-corrected chi connectivity index (χ2v) is 8.03. The lowest BCUT2D eigenvalue weighted by Crippen LogP contribution is -2.19. The fourth-order valence-electron chi connectivity index (χ4n) is 4.53. The number of nitrogens with zero attached hydrogens (tertiary/aromatic N) is 3. The lowest BCUT2D eigenvalue weighted by atomic mass is 10.00. The van der Waals surface area contributed by atoms with E-state index < -0.39 is 0 Å². The molecule has 2 heterocycles. The summed E-state index contributed by atoms with van der Waals surface area (Å²) in [6.07, 6.45) is 3.28. The number of hydrogen-bond donors (Lipinski definition) is 3. The molecule has 0 unspecified atom stereocenters. The van der Waals surface area contributed by atoms with Crippen molar-refractivity contribution >= 4 is 22.5 Å². The maximum Gasteiger partial charge on any atom is 0.231 e. The van der Waals surface area contributed by atoms with Crippen molar-refractivity contribution in [3.8, 4) is 22.6 Å². The molecule has 5 aromatic rings. The number of H-pyrrole nitrogens is 2. The van der Waals surface area contributed by atoms with Crippen molar-refractivity contribution in [2.75, 3.05) is 5.32 Å². The molecule has 7 nitrogen and oxygen atoms in total. The van der Waals surface area contributed by atoms with E-state index in [1.165, 1.54) is 11.9 Å². The van der Waals surface area contributed by atoms with Crippen molar-refractivity contribution in [2.45, 2.75) is 18.8 Å². The van der Waals surface area contributed by atoms with Gasteiger partial charge in [0.05, 0.1) is 17.1 Å². The van der Waals surface area contributed by atoms with E-state index >= 15 is 0 Å². The number of aryl methyl sites for hydroxylation is 1. The van der Waals surface area contributed by atoms with Crippen LogP contribution in [0.4, 0.5) is 5.69 Å². The summed E-state index contributed by atoms with van der Waals surface area (Å²) >= 11 is 0. The van der Waals surface area contributed by atoms with Gasteiger partial charge in [0, 0.05) is 22.2 Å². The SMILES string of the molecule is O=C(Nc1cccc(-c2n[nH]c3ccc(-c4ncn[nH]4)cc23)c1)[C@H]1CCc2ccccc21. The zero-order chi connectivity index (χ0) is 21.5. The molecule has 0 fully saturated rings. The number of carbonyl (C=O) groups excluding carboxylic acids is 1. The first-order valence-electron chi connectivity index (χ1n) is 10.6. The van der Waals surface area contributed by atoms with Crippen LogP contribution in [0.3, 0.4) is 0 Å². The molecular weight excluding hydrogens is 400 g/mol. The summed E-state index contributed by atoms with van der Waals surface area (Å²) in [4.78, 5) is 17.3. The number of anilines is 1. The second-order valence-electron chi connectivity index (χ2n) is 8.03. The molecule has 3 aromatic carbocycles. The van der Waals surface area contributed by atoms with E-state index in [0.717, 1.165) is 51.8 Å². The van der Waals surface area contributed by atoms with Gasteiger partial charge in [0.2, 0.25) is 5.91 Å². The Morgan fingerprint density at radius 1 is 0.969 bits per heavy atom. The Hall–Kier alpha value is -4.26. The number of aromatic amines is 2. The van der Waals surface area contributed by atoms with Gasteiger partial charge >= 0.3 is 0 Å². The quantitative estimate of drug-likeness (QED) is 0.393. The number of amides is 1. The van der Waals surface area contributed by atoms with Crippen LogP contribution < -0.4 is 5.32 Å². The number of rotatable bonds is 4. The van der Waals surface area contributed by atoms with Crippen molar-refractivity contribution in [1.82, 2.24) is 25.4 Å². The zero-order valence-corrected chi connectivity index (χ0v) is 17.2. The molecule has 0 bridgehead atoms. The molecule has 6 rings (SSSR count). The minimum Gasteiger partial charge on any atom is -0.326 e. The largest absolute Gasteiger partial charge is 0.326 e. The minimum absolute atomic E-state index is 0.0339. The van der Waals surface area contributed by atoms with Gasteiger partial charge in [0.1, 0.15) is 6.33 Å². The van der Waals surface area contributed by atoms with Gasteiger partial charge in [-0.3, -0.25) is 15.0 Å². The number of aromatic nitrogens is 5. The molecule has 7 heteroatoms. The summed E-state index contributed by atoms with van der Waals surface area (Å²) in [7, 11) is 0. The van der Waals surface area contributed by atoms with Gasteiger partial charge in [-0.1, -0.05) is 36.4 Å². The van der Waals surface area contributed by atoms with Gasteiger partial charge < -0.3 is 5.32 Å². The molecule has 0 saturated carbocycles. The van der Waals surface area contributed by atoms with E-state index in [9.17, 15) is 4.79 Å². The van der Waals surface area contributed by atoms with Crippen LogP contribution in [0.15, 0.2) is 73.1 Å². The van der Waals surface area contributed by atoms with Crippen molar-refractivity contribution in [1.29, 1.82) is 0 Å². The maximum atomic E-state index is 13.0. The lowest BCUT2D eigenvalue weighted by Gasteiger charge is -2.13.